The Morgan fingerprint density at radius 2 is 0.778 bits per heavy atom. The number of fused-ring (bicyclic) bond motifs is 1. The molecule has 14 aromatic rings. The van der Waals surface area contributed by atoms with Gasteiger partial charge in [-0.15, -0.1) is 203 Å². The van der Waals surface area contributed by atoms with Crippen molar-refractivity contribution in [2.75, 3.05) is 0 Å². The maximum Gasteiger partial charge on any atom is 0.399 e. The molecule has 0 aliphatic heterocycles. The third kappa shape index (κ3) is 40.0. The molecule has 22 heteroatoms. The number of hydrogen-bond donors (Lipinski definition) is 4. The number of carbonyl (C=O) groups is 4. The van der Waals surface area contributed by atoms with Gasteiger partial charge in [0, 0.05) is 161 Å². The number of aryl methyl sites for hydroxylation is 2. The number of carbonyl (C=O) groups excluding carboxylic acids is 3. The molecular formula is C95H81F3Ir5N6O8-6. The van der Waals surface area contributed by atoms with Gasteiger partial charge in [0.25, 0.3) is 0 Å². The van der Waals surface area contributed by atoms with E-state index in [0.29, 0.717) is 16.8 Å². The maximum absolute atomic E-state index is 12.6. The first-order valence-electron chi connectivity index (χ1n) is 34.7. The van der Waals surface area contributed by atoms with Crippen LogP contribution in [0.4, 0.5) is 13.2 Å². The summed E-state index contributed by atoms with van der Waals surface area (Å²) in [5.41, 5.74) is 13.8. The van der Waals surface area contributed by atoms with Gasteiger partial charge in [-0.25, -0.2) is 0 Å². The third-order valence-electron chi connectivity index (χ3n) is 14.5. The number of rotatable bonds is 11. The summed E-state index contributed by atoms with van der Waals surface area (Å²) < 4.78 is 37.8. The smallest absolute Gasteiger partial charge is 0.399 e. The van der Waals surface area contributed by atoms with Gasteiger partial charge in [-0.1, -0.05) is 141 Å². The van der Waals surface area contributed by atoms with Gasteiger partial charge in [0.15, 0.2) is 17.3 Å². The number of carboxylic acid groups (broad SMARTS) is 1. The first-order valence-corrected chi connectivity index (χ1v) is 34.7. The Morgan fingerprint density at radius 1 is 0.359 bits per heavy atom. The summed E-state index contributed by atoms with van der Waals surface area (Å²) >= 11 is 0. The van der Waals surface area contributed by atoms with Gasteiger partial charge in [-0.05, 0) is 110 Å². The van der Waals surface area contributed by atoms with Crippen LogP contribution >= 0.6 is 0 Å². The summed E-state index contributed by atoms with van der Waals surface area (Å²) in [6, 6.07) is 104. The Hall–Kier alpha value is -10.9. The molecule has 0 amide bonds. The van der Waals surface area contributed by atoms with Crippen LogP contribution in [0.1, 0.15) is 68.6 Å². The van der Waals surface area contributed by atoms with E-state index in [2.05, 4.69) is 93.6 Å². The molecule has 0 bridgehead atoms. The predicted octanol–water partition coefficient (Wildman–Crippen LogP) is 22.5. The van der Waals surface area contributed by atoms with Gasteiger partial charge in [0.1, 0.15) is 0 Å². The third-order valence-corrected chi connectivity index (χ3v) is 14.5. The molecule has 117 heavy (non-hydrogen) atoms. The van der Waals surface area contributed by atoms with E-state index < -0.39 is 17.7 Å². The molecule has 611 valence electrons. The van der Waals surface area contributed by atoms with E-state index in [1.807, 2.05) is 200 Å². The molecule has 5 heterocycles. The zero-order chi connectivity index (χ0) is 81.1. The van der Waals surface area contributed by atoms with Crippen molar-refractivity contribution in [1.29, 1.82) is 0 Å². The fourth-order valence-corrected chi connectivity index (χ4v) is 9.74. The number of carboxylic acids is 1. The first kappa shape index (κ1) is 104. The van der Waals surface area contributed by atoms with Crippen LogP contribution in [0, 0.1) is 50.2 Å². The summed E-state index contributed by atoms with van der Waals surface area (Å²) in [6.07, 6.45) is 7.92. The van der Waals surface area contributed by atoms with Gasteiger partial charge in [-0.3, -0.25) is 19.4 Å². The summed E-state index contributed by atoms with van der Waals surface area (Å²) in [5.74, 6) is -1.12. The van der Waals surface area contributed by atoms with E-state index in [0.717, 1.165) is 73.6 Å². The Labute approximate surface area is 749 Å². The topological polar surface area (TPSA) is 227 Å². The second-order valence-corrected chi connectivity index (χ2v) is 24.1. The molecule has 0 spiro atoms. The molecule has 0 saturated carbocycles. The van der Waals surface area contributed by atoms with Crippen molar-refractivity contribution in [2.24, 2.45) is 0 Å². The van der Waals surface area contributed by atoms with Crippen LogP contribution in [0.5, 0.6) is 0 Å². The van der Waals surface area contributed by atoms with Crippen molar-refractivity contribution in [1.82, 2.24) is 29.9 Å². The maximum atomic E-state index is 12.6. The number of halogens is 3. The minimum atomic E-state index is -4.38. The van der Waals surface area contributed by atoms with E-state index in [4.69, 9.17) is 30.4 Å². The van der Waals surface area contributed by atoms with Crippen LogP contribution in [0.25, 0.3) is 89.6 Å². The van der Waals surface area contributed by atoms with Crippen LogP contribution < -0.4 is 0 Å². The number of ketones is 3. The SMILES string of the molecule is CC(=O)C=C(C)O.CC(=O)C=C(C)O.CC(=O)C=C(C)O.Cc1c[c-]c(-c2ccccn2)cc1.Cc1cc(-c2ccccn2)[c-]c(C(F)(F)F)c1.O=C(O)c1[c-]cccc1.[Ir].[Ir].[Ir].[Ir].[Ir].[c-]1ccccc1-c1ccccn1.[c-]1ccccc1-c1ncc(-c2ccccc2)nc1-c1ccccc1.[c-]1ccccc1-c1nccc2ccccc12. The molecule has 0 unspecified atom stereocenters. The van der Waals surface area contributed by atoms with E-state index in [1.54, 1.807) is 68.0 Å². The van der Waals surface area contributed by atoms with Crippen molar-refractivity contribution in [3.8, 4) is 78.8 Å². The van der Waals surface area contributed by atoms with E-state index in [9.17, 15) is 32.3 Å². The second-order valence-electron chi connectivity index (χ2n) is 24.1. The molecule has 0 atom stereocenters. The van der Waals surface area contributed by atoms with Crippen molar-refractivity contribution in [3.63, 3.8) is 0 Å². The normalized spacial score (nSPS) is 10.1. The zero-order valence-electron chi connectivity index (χ0n) is 64.5. The minimum absolute atomic E-state index is 0. The van der Waals surface area contributed by atoms with Gasteiger partial charge in [-0.2, -0.15) is 13.2 Å². The van der Waals surface area contributed by atoms with Crippen LogP contribution in [-0.4, -0.2) is 73.6 Å². The molecule has 5 radical (unpaired) electrons. The van der Waals surface area contributed by atoms with Crippen LogP contribution in [0.15, 0.2) is 339 Å². The fraction of sp³-hybridized carbons (Fsp3) is 0.0947. The number of aliphatic hydroxyl groups excluding tert-OH is 3. The van der Waals surface area contributed by atoms with Crippen LogP contribution in [0.2, 0.25) is 0 Å². The number of allylic oxidation sites excluding steroid dienone is 6. The average molecular weight is 2450 g/mol. The summed E-state index contributed by atoms with van der Waals surface area (Å²) in [6.45, 7) is 12.2. The number of aromatic nitrogens is 6. The predicted molar refractivity (Wildman–Crippen MR) is 437 cm³/mol. The standard InChI is InChI=1S/C22H15N2.C15H10N.C13H9F3N.C12H10N.C11H8N.C7H5O2.3C5H8O2.5Ir/c1-4-10-17(11-5-1)20-16-23-21(18-12-6-2-7-13-18)22(24-20)19-14-8-3-9-15-19;1-2-7-13(8-3-1)15-14-9-5-4-6-12(14)10-11-16-15;1-9-6-10(12-4-2-3-5-17-12)8-11(7-9)13(14,15)16;1-10-5-7-11(8-6-10)12-4-2-3-9-13-12;1-2-6-10(7-3-1)11-8-4-5-9-12-11;8-7(9)6-4-2-1-3-5-6;3*1-4(6)3-5(2)7;;;;;/h1-12,14-16H;1-7,9-11H;2-7H,1H3;2-7,9H,1H3;1-6,8-9H;1-4H,(H,8,9);3*3,6H,1-2H3;;;;;/q6*-1;;;;;;;;. The van der Waals surface area contributed by atoms with Crippen molar-refractivity contribution >= 4 is 34.1 Å². The molecule has 14 nitrogen and oxygen atoms in total. The summed E-state index contributed by atoms with van der Waals surface area (Å²) in [7, 11) is 0. The van der Waals surface area contributed by atoms with Crippen molar-refractivity contribution in [2.45, 2.75) is 61.6 Å². The molecule has 4 N–H and O–H groups in total. The monoisotopic (exact) mass is 2460 g/mol. The Kier molecular flexibility index (Phi) is 50.9. The number of aliphatic hydroxyl groups is 3. The number of aromatic carboxylic acids is 1. The molecule has 0 aliphatic carbocycles. The van der Waals surface area contributed by atoms with Gasteiger partial charge in [0.2, 0.25) is 5.97 Å². The number of benzene rings is 9. The van der Waals surface area contributed by atoms with Crippen molar-refractivity contribution < 1.29 is 153 Å². The second kappa shape index (κ2) is 57.2. The van der Waals surface area contributed by atoms with E-state index >= 15 is 0 Å². The molecule has 14 rings (SSSR count). The number of alkyl halides is 3. The van der Waals surface area contributed by atoms with Crippen LogP contribution in [-0.2, 0) is 121 Å². The quantitative estimate of drug-likeness (QED) is 0.0537. The number of nitrogens with zero attached hydrogens (tertiary/aromatic N) is 6. The number of hydrogen-bond acceptors (Lipinski definition) is 13. The molecule has 0 fully saturated rings. The Bertz CT molecular complexity index is 5170. The fourth-order valence-electron chi connectivity index (χ4n) is 9.74. The zero-order valence-corrected chi connectivity index (χ0v) is 76.5. The first-order chi connectivity index (χ1) is 53.8. The number of pyridine rings is 4. The largest absolute Gasteiger partial charge is 0.521 e. The summed E-state index contributed by atoms with van der Waals surface area (Å²) in [4.78, 5) is 66.8. The van der Waals surface area contributed by atoms with Gasteiger partial charge < -0.3 is 50.1 Å². The average Bonchev–Trinajstić information content (AvgIpc) is 0.817. The van der Waals surface area contributed by atoms with E-state index in [-0.39, 0.29) is 141 Å². The Balaban J connectivity index is 0.000000675. The Morgan fingerprint density at radius 3 is 1.17 bits per heavy atom. The molecule has 0 aliphatic rings. The minimum Gasteiger partial charge on any atom is -0.521 e. The molecular weight excluding hydrogens is 2370 g/mol. The molecule has 0 saturated heterocycles. The van der Waals surface area contributed by atoms with Crippen molar-refractivity contribution in [3.05, 3.63) is 398 Å². The van der Waals surface area contributed by atoms with Crippen LogP contribution in [0.3, 0.4) is 0 Å². The van der Waals surface area contributed by atoms with Gasteiger partial charge >= 0.3 is 6.18 Å². The van der Waals surface area contributed by atoms with Gasteiger partial charge in [0.05, 0.1) is 28.7 Å². The van der Waals surface area contributed by atoms with E-state index in [1.165, 1.54) is 82.2 Å². The molecule has 5 aromatic heterocycles. The molecule has 9 aromatic carbocycles. The summed E-state index contributed by atoms with van der Waals surface area (Å²) in [5, 5.41) is 35.8.